The molecule has 0 saturated heterocycles. The Balaban J connectivity index is -0.000000376. The molecule has 0 fully saturated rings. The van der Waals surface area contributed by atoms with Crippen LogP contribution in [0.3, 0.4) is 0 Å². The van der Waals surface area contributed by atoms with Gasteiger partial charge in [0.05, 0.1) is 0 Å². The highest BCUT2D eigenvalue weighted by molar-refractivity contribution is 5.23. The van der Waals surface area contributed by atoms with Gasteiger partial charge in [-0.05, 0) is 22.5 Å². The van der Waals surface area contributed by atoms with Crippen LogP contribution in [0.25, 0.3) is 0 Å². The lowest BCUT2D eigenvalue weighted by molar-refractivity contribution is 0.469. The largest absolute Gasteiger partial charge is 0.260 e. The number of hydrogen-bond acceptors (Lipinski definition) is 1. The van der Waals surface area contributed by atoms with Gasteiger partial charge in [-0.3, -0.25) is 4.98 Å². The smallest absolute Gasteiger partial charge is 0.0457 e. The Morgan fingerprint density at radius 2 is 1.09 bits per heavy atom. The van der Waals surface area contributed by atoms with Gasteiger partial charge in [0.1, 0.15) is 0 Å². The summed E-state index contributed by atoms with van der Waals surface area (Å²) >= 11 is 0. The Kier molecular flexibility index (Phi) is 12.7. The van der Waals surface area contributed by atoms with E-state index in [-0.39, 0.29) is 18.3 Å². The van der Waals surface area contributed by atoms with Crippen LogP contribution in [0.2, 0.25) is 0 Å². The van der Waals surface area contributed by atoms with Crippen molar-refractivity contribution in [2.45, 2.75) is 108 Å². The van der Waals surface area contributed by atoms with Gasteiger partial charge in [0.15, 0.2) is 0 Å². The highest BCUT2D eigenvalue weighted by atomic mass is 14.7. The number of hydrogen-bond donors (Lipinski definition) is 0. The van der Waals surface area contributed by atoms with Gasteiger partial charge in [0.25, 0.3) is 0 Å². The summed E-state index contributed by atoms with van der Waals surface area (Å²) in [5, 5.41) is 0. The summed E-state index contributed by atoms with van der Waals surface area (Å²) in [5.41, 5.74) is 3.30. The molecular weight excluding hydrogens is 278 g/mol. The number of aromatic nitrogens is 1. The van der Waals surface area contributed by atoms with Crippen LogP contribution in [-0.4, -0.2) is 4.98 Å². The highest BCUT2D eigenvalue weighted by Gasteiger charge is 2.18. The predicted octanol–water partition coefficient (Wildman–Crippen LogP) is 7.78. The van der Waals surface area contributed by atoms with Crippen LogP contribution in [-0.2, 0) is 10.8 Å². The van der Waals surface area contributed by atoms with E-state index in [9.17, 15) is 0 Å². The SMILES string of the molecule is C.CC(C)(C)C.CC(C)(C)c1ccc(C(C)(C)C)nc1.CCC. The molecule has 138 valence electrons. The van der Waals surface area contributed by atoms with Crippen molar-refractivity contribution in [2.24, 2.45) is 5.41 Å². The van der Waals surface area contributed by atoms with Gasteiger partial charge in [0, 0.05) is 17.3 Å². The lowest BCUT2D eigenvalue weighted by Gasteiger charge is -2.22. The van der Waals surface area contributed by atoms with Crippen molar-refractivity contribution in [3.8, 4) is 0 Å². The zero-order valence-electron chi connectivity index (χ0n) is 17.4. The fourth-order valence-corrected chi connectivity index (χ4v) is 1.28. The van der Waals surface area contributed by atoms with E-state index in [2.05, 4.69) is 100 Å². The van der Waals surface area contributed by atoms with Gasteiger partial charge in [-0.2, -0.15) is 0 Å². The molecule has 0 aliphatic carbocycles. The van der Waals surface area contributed by atoms with Gasteiger partial charge < -0.3 is 0 Å². The molecule has 0 atom stereocenters. The van der Waals surface area contributed by atoms with Crippen LogP contribution >= 0.6 is 0 Å². The molecule has 0 radical (unpaired) electrons. The van der Waals surface area contributed by atoms with Gasteiger partial charge in [0.2, 0.25) is 0 Å². The zero-order chi connectivity index (χ0) is 18.2. The number of rotatable bonds is 0. The van der Waals surface area contributed by atoms with Crippen molar-refractivity contribution in [3.05, 3.63) is 29.6 Å². The maximum Gasteiger partial charge on any atom is 0.0457 e. The molecule has 1 aromatic rings. The lowest BCUT2D eigenvalue weighted by atomic mass is 9.86. The van der Waals surface area contributed by atoms with E-state index in [1.165, 1.54) is 12.0 Å². The first-order valence-corrected chi connectivity index (χ1v) is 8.60. The van der Waals surface area contributed by atoms with Crippen molar-refractivity contribution in [1.82, 2.24) is 4.98 Å². The maximum atomic E-state index is 4.52. The summed E-state index contributed by atoms with van der Waals surface area (Å²) in [6, 6.07) is 4.33. The first-order chi connectivity index (χ1) is 9.62. The molecule has 0 N–H and O–H groups in total. The highest BCUT2D eigenvalue weighted by Crippen LogP contribution is 2.24. The molecule has 0 aliphatic heterocycles. The molecule has 0 aromatic carbocycles. The summed E-state index contributed by atoms with van der Waals surface area (Å²) in [6.45, 7) is 26.2. The molecule has 23 heavy (non-hydrogen) atoms. The molecule has 0 saturated carbocycles. The van der Waals surface area contributed by atoms with Crippen molar-refractivity contribution >= 4 is 0 Å². The van der Waals surface area contributed by atoms with E-state index < -0.39 is 0 Å². The Morgan fingerprint density at radius 1 is 0.739 bits per heavy atom. The Labute approximate surface area is 148 Å². The van der Waals surface area contributed by atoms with Crippen LogP contribution in [0, 0.1) is 5.41 Å². The van der Waals surface area contributed by atoms with E-state index in [0.717, 1.165) is 5.69 Å². The minimum absolute atomic E-state index is 0. The number of nitrogens with zero attached hydrogens (tertiary/aromatic N) is 1. The van der Waals surface area contributed by atoms with Crippen molar-refractivity contribution in [3.63, 3.8) is 0 Å². The monoisotopic (exact) mass is 323 g/mol. The van der Waals surface area contributed by atoms with Crippen LogP contribution in [0.4, 0.5) is 0 Å². The second-order valence-corrected chi connectivity index (χ2v) is 9.64. The van der Waals surface area contributed by atoms with E-state index >= 15 is 0 Å². The predicted molar refractivity (Wildman–Crippen MR) is 109 cm³/mol. The third-order valence-electron chi connectivity index (χ3n) is 2.40. The molecule has 1 heterocycles. The molecule has 1 nitrogen and oxygen atoms in total. The molecule has 0 amide bonds. The van der Waals surface area contributed by atoms with E-state index in [1.807, 2.05) is 6.20 Å². The topological polar surface area (TPSA) is 12.9 Å². The average Bonchev–Trinajstić information content (AvgIpc) is 2.25. The minimum Gasteiger partial charge on any atom is -0.260 e. The lowest BCUT2D eigenvalue weighted by Crippen LogP contribution is -2.16. The molecule has 1 rings (SSSR count). The number of pyridine rings is 1. The van der Waals surface area contributed by atoms with Gasteiger partial charge in [-0.25, -0.2) is 0 Å². The maximum absolute atomic E-state index is 4.52. The first kappa shape index (κ1) is 27.0. The second-order valence-electron chi connectivity index (χ2n) is 9.64. The Hall–Kier alpha value is -0.850. The fraction of sp³-hybridized carbons (Fsp3) is 0.773. The third kappa shape index (κ3) is 17.3. The van der Waals surface area contributed by atoms with E-state index in [4.69, 9.17) is 0 Å². The summed E-state index contributed by atoms with van der Waals surface area (Å²) in [4.78, 5) is 4.52. The van der Waals surface area contributed by atoms with Crippen molar-refractivity contribution in [2.75, 3.05) is 0 Å². The normalized spacial score (nSPS) is 11.3. The molecular formula is C22H45N. The van der Waals surface area contributed by atoms with Gasteiger partial charge >= 0.3 is 0 Å². The summed E-state index contributed by atoms with van der Waals surface area (Å²) < 4.78 is 0. The third-order valence-corrected chi connectivity index (χ3v) is 2.40. The van der Waals surface area contributed by atoms with E-state index in [0.29, 0.717) is 5.41 Å². The standard InChI is InChI=1S/C13H21N.C5H12.C3H8.CH4/c1-12(2,3)10-7-8-11(14-9-10)13(4,5)6;1-5(2,3)4;1-3-2;/h7-9H,1-6H3;1-4H3;3H2,1-2H3;1H4. The fourth-order valence-electron chi connectivity index (χ4n) is 1.28. The molecule has 0 spiro atoms. The molecule has 0 bridgehead atoms. The van der Waals surface area contributed by atoms with Crippen LogP contribution in [0.1, 0.15) is 108 Å². The summed E-state index contributed by atoms with van der Waals surface area (Å²) in [6.07, 6.45) is 3.25. The summed E-state index contributed by atoms with van der Waals surface area (Å²) in [5.74, 6) is 0. The summed E-state index contributed by atoms with van der Waals surface area (Å²) in [7, 11) is 0. The zero-order valence-corrected chi connectivity index (χ0v) is 17.4. The quantitative estimate of drug-likeness (QED) is 0.475. The van der Waals surface area contributed by atoms with Crippen LogP contribution < -0.4 is 0 Å². The van der Waals surface area contributed by atoms with Crippen LogP contribution in [0.15, 0.2) is 18.3 Å². The molecule has 0 aliphatic rings. The minimum atomic E-state index is 0. The van der Waals surface area contributed by atoms with Gasteiger partial charge in [-0.15, -0.1) is 0 Å². The van der Waals surface area contributed by atoms with Crippen molar-refractivity contribution in [1.29, 1.82) is 0 Å². The Morgan fingerprint density at radius 3 is 1.26 bits per heavy atom. The first-order valence-electron chi connectivity index (χ1n) is 8.60. The average molecular weight is 324 g/mol. The van der Waals surface area contributed by atoms with E-state index in [1.54, 1.807) is 0 Å². The van der Waals surface area contributed by atoms with Gasteiger partial charge in [-0.1, -0.05) is 103 Å². The molecule has 1 aromatic heterocycles. The molecule has 0 unspecified atom stereocenters. The second kappa shape index (κ2) is 10.8. The Bertz CT molecular complexity index is 341. The van der Waals surface area contributed by atoms with Crippen molar-refractivity contribution < 1.29 is 0 Å². The van der Waals surface area contributed by atoms with Crippen LogP contribution in [0.5, 0.6) is 0 Å². The molecule has 1 heteroatoms.